The second kappa shape index (κ2) is 5.95. The van der Waals surface area contributed by atoms with Gasteiger partial charge in [-0.2, -0.15) is 11.8 Å². The number of nitrogens with two attached hydrogens (primary N) is 1. The van der Waals surface area contributed by atoms with Gasteiger partial charge in [-0.3, -0.25) is 4.90 Å². The van der Waals surface area contributed by atoms with E-state index in [-0.39, 0.29) is 6.04 Å². The number of nitrogens with zero attached hydrogens (tertiary/aromatic N) is 1. The zero-order valence-electron chi connectivity index (χ0n) is 9.40. The summed E-state index contributed by atoms with van der Waals surface area (Å²) in [6.45, 7) is 7.36. The van der Waals surface area contributed by atoms with Crippen LogP contribution in [0.1, 0.15) is 13.8 Å². The minimum Gasteiger partial charge on any atom is -0.383 e. The van der Waals surface area contributed by atoms with Gasteiger partial charge in [-0.1, -0.05) is 6.92 Å². The largest absolute Gasteiger partial charge is 0.383 e. The van der Waals surface area contributed by atoms with Crippen LogP contribution in [0.15, 0.2) is 0 Å². The van der Waals surface area contributed by atoms with Crippen LogP contribution in [0.4, 0.5) is 0 Å². The van der Waals surface area contributed by atoms with Crippen LogP contribution in [0.2, 0.25) is 0 Å². The molecule has 1 rings (SSSR count). The van der Waals surface area contributed by atoms with Crippen LogP contribution >= 0.6 is 11.8 Å². The van der Waals surface area contributed by atoms with E-state index in [1.807, 2.05) is 0 Å². The van der Waals surface area contributed by atoms with Crippen molar-refractivity contribution in [2.75, 3.05) is 32.6 Å². The van der Waals surface area contributed by atoms with Gasteiger partial charge in [0.2, 0.25) is 0 Å². The van der Waals surface area contributed by atoms with Crippen molar-refractivity contribution in [2.24, 2.45) is 5.73 Å². The molecular weight excluding hydrogens is 196 g/mol. The van der Waals surface area contributed by atoms with Crippen LogP contribution in [0.25, 0.3) is 0 Å². The molecule has 0 aromatic rings. The summed E-state index contributed by atoms with van der Waals surface area (Å²) in [7, 11) is 1.71. The van der Waals surface area contributed by atoms with Crippen LogP contribution < -0.4 is 5.73 Å². The second-order valence-electron chi connectivity index (χ2n) is 4.03. The van der Waals surface area contributed by atoms with E-state index in [1.165, 1.54) is 5.75 Å². The summed E-state index contributed by atoms with van der Waals surface area (Å²) in [5, 5.41) is 0.721. The maximum Gasteiger partial charge on any atom is 0.0626 e. The number of hydrogen-bond donors (Lipinski definition) is 1. The molecule has 3 unspecified atom stereocenters. The van der Waals surface area contributed by atoms with Crippen molar-refractivity contribution >= 4 is 11.8 Å². The lowest BCUT2D eigenvalue weighted by Crippen LogP contribution is -2.50. The molecule has 1 heterocycles. The molecule has 0 radical (unpaired) electrons. The third-order valence-corrected chi connectivity index (χ3v) is 4.20. The van der Waals surface area contributed by atoms with Crippen LogP contribution in [0, 0.1) is 0 Å². The summed E-state index contributed by atoms with van der Waals surface area (Å²) in [6.07, 6.45) is 0. The van der Waals surface area contributed by atoms with E-state index in [1.54, 1.807) is 7.11 Å². The van der Waals surface area contributed by atoms with E-state index in [2.05, 4.69) is 30.5 Å². The van der Waals surface area contributed by atoms with Crippen LogP contribution in [-0.4, -0.2) is 54.8 Å². The van der Waals surface area contributed by atoms with Gasteiger partial charge in [0.25, 0.3) is 0 Å². The summed E-state index contributed by atoms with van der Waals surface area (Å²) in [5.74, 6) is 1.23. The van der Waals surface area contributed by atoms with Gasteiger partial charge in [0.05, 0.1) is 6.61 Å². The fraction of sp³-hybridized carbons (Fsp3) is 1.00. The molecule has 0 amide bonds. The zero-order chi connectivity index (χ0) is 10.6. The van der Waals surface area contributed by atoms with E-state index in [0.29, 0.717) is 12.6 Å². The number of rotatable bonds is 4. The first-order chi connectivity index (χ1) is 6.65. The highest BCUT2D eigenvalue weighted by molar-refractivity contribution is 8.00. The van der Waals surface area contributed by atoms with Crippen molar-refractivity contribution in [1.29, 1.82) is 0 Å². The topological polar surface area (TPSA) is 38.5 Å². The molecule has 84 valence electrons. The molecule has 3 atom stereocenters. The van der Waals surface area contributed by atoms with E-state index in [4.69, 9.17) is 10.5 Å². The standard InChI is InChI=1S/C10H22N2OS/c1-8-9(2)14-5-4-12(8)6-10(11)7-13-3/h8-10H,4-7,11H2,1-3H3. The van der Waals surface area contributed by atoms with Gasteiger partial charge in [0.15, 0.2) is 0 Å². The summed E-state index contributed by atoms with van der Waals surface area (Å²) in [5.41, 5.74) is 5.95. The van der Waals surface area contributed by atoms with Crippen molar-refractivity contribution < 1.29 is 4.74 Å². The highest BCUT2D eigenvalue weighted by Gasteiger charge is 2.25. The predicted molar refractivity (Wildman–Crippen MR) is 62.8 cm³/mol. The molecule has 0 aromatic heterocycles. The van der Waals surface area contributed by atoms with Crippen LogP contribution in [0.3, 0.4) is 0 Å². The van der Waals surface area contributed by atoms with E-state index in [9.17, 15) is 0 Å². The fourth-order valence-corrected chi connectivity index (χ4v) is 2.98. The minimum absolute atomic E-state index is 0.151. The Morgan fingerprint density at radius 3 is 2.93 bits per heavy atom. The van der Waals surface area contributed by atoms with E-state index < -0.39 is 0 Å². The molecule has 14 heavy (non-hydrogen) atoms. The molecule has 1 fully saturated rings. The summed E-state index contributed by atoms with van der Waals surface area (Å²) in [4.78, 5) is 2.48. The van der Waals surface area contributed by atoms with Crippen LogP contribution in [0.5, 0.6) is 0 Å². The molecule has 3 nitrogen and oxygen atoms in total. The van der Waals surface area contributed by atoms with Gasteiger partial charge in [0, 0.05) is 43.3 Å². The fourth-order valence-electron chi connectivity index (χ4n) is 1.82. The Morgan fingerprint density at radius 1 is 1.57 bits per heavy atom. The molecule has 1 aliphatic rings. The number of ether oxygens (including phenoxy) is 1. The average molecular weight is 218 g/mol. The third kappa shape index (κ3) is 3.42. The van der Waals surface area contributed by atoms with Crippen molar-refractivity contribution in [3.05, 3.63) is 0 Å². The first-order valence-corrected chi connectivity index (χ1v) is 6.30. The molecule has 4 heteroatoms. The zero-order valence-corrected chi connectivity index (χ0v) is 10.2. The molecule has 0 aliphatic carbocycles. The van der Waals surface area contributed by atoms with Crippen molar-refractivity contribution in [3.8, 4) is 0 Å². The first kappa shape index (κ1) is 12.3. The van der Waals surface area contributed by atoms with Crippen molar-refractivity contribution in [2.45, 2.75) is 31.2 Å². The van der Waals surface area contributed by atoms with Gasteiger partial charge < -0.3 is 10.5 Å². The lowest BCUT2D eigenvalue weighted by Gasteiger charge is -2.38. The second-order valence-corrected chi connectivity index (χ2v) is 5.51. The maximum absolute atomic E-state index is 5.95. The average Bonchev–Trinajstić information content (AvgIpc) is 2.13. The molecule has 0 saturated carbocycles. The Kier molecular flexibility index (Phi) is 5.23. The molecule has 0 aromatic carbocycles. The molecular formula is C10H22N2OS. The summed E-state index contributed by atoms with van der Waals surface area (Å²) in [6, 6.07) is 0.786. The van der Waals surface area contributed by atoms with Crippen molar-refractivity contribution in [3.63, 3.8) is 0 Å². The molecule has 0 bridgehead atoms. The number of methoxy groups -OCH3 is 1. The maximum atomic E-state index is 5.95. The number of hydrogen-bond acceptors (Lipinski definition) is 4. The minimum atomic E-state index is 0.151. The van der Waals surface area contributed by atoms with Gasteiger partial charge in [-0.25, -0.2) is 0 Å². The Balaban J connectivity index is 2.35. The molecule has 2 N–H and O–H groups in total. The Labute approximate surface area is 91.4 Å². The van der Waals surface area contributed by atoms with Gasteiger partial charge >= 0.3 is 0 Å². The highest BCUT2D eigenvalue weighted by Crippen LogP contribution is 2.23. The van der Waals surface area contributed by atoms with Crippen molar-refractivity contribution in [1.82, 2.24) is 4.90 Å². The summed E-state index contributed by atoms with van der Waals surface area (Å²) >= 11 is 2.06. The van der Waals surface area contributed by atoms with Gasteiger partial charge in [-0.15, -0.1) is 0 Å². The first-order valence-electron chi connectivity index (χ1n) is 5.25. The van der Waals surface area contributed by atoms with Gasteiger partial charge in [-0.05, 0) is 6.92 Å². The monoisotopic (exact) mass is 218 g/mol. The molecule has 0 spiro atoms. The normalized spacial score (nSPS) is 31.7. The van der Waals surface area contributed by atoms with E-state index in [0.717, 1.165) is 18.3 Å². The van der Waals surface area contributed by atoms with E-state index >= 15 is 0 Å². The quantitative estimate of drug-likeness (QED) is 0.757. The highest BCUT2D eigenvalue weighted by atomic mass is 32.2. The number of thioether (sulfide) groups is 1. The molecule has 1 saturated heterocycles. The SMILES string of the molecule is COCC(N)CN1CCSC(C)C1C. The lowest BCUT2D eigenvalue weighted by molar-refractivity contribution is 0.137. The Hall–Kier alpha value is 0.230. The van der Waals surface area contributed by atoms with Crippen LogP contribution in [-0.2, 0) is 4.74 Å². The lowest BCUT2D eigenvalue weighted by atomic mass is 10.2. The third-order valence-electron chi connectivity index (χ3n) is 2.86. The summed E-state index contributed by atoms with van der Waals surface area (Å²) < 4.78 is 5.05. The van der Waals surface area contributed by atoms with Gasteiger partial charge in [0.1, 0.15) is 0 Å². The molecule has 1 aliphatic heterocycles. The Morgan fingerprint density at radius 2 is 2.29 bits per heavy atom. The smallest absolute Gasteiger partial charge is 0.0626 e. The predicted octanol–water partition coefficient (Wildman–Crippen LogP) is 0.786. The Bertz CT molecular complexity index is 168.